The van der Waals surface area contributed by atoms with Crippen molar-refractivity contribution in [2.45, 2.75) is 32.2 Å². The van der Waals surface area contributed by atoms with E-state index in [0.717, 1.165) is 38.6 Å². The SMILES string of the molecule is CCc1ccc(C(N)CN2CCC(COC)CC2)cc1. The number of ether oxygens (including phenoxy) is 1. The molecule has 1 aromatic carbocycles. The van der Waals surface area contributed by atoms with E-state index in [-0.39, 0.29) is 6.04 Å². The van der Waals surface area contributed by atoms with Gasteiger partial charge in [0.2, 0.25) is 0 Å². The van der Waals surface area contributed by atoms with Gasteiger partial charge in [-0.25, -0.2) is 0 Å². The minimum Gasteiger partial charge on any atom is -0.384 e. The maximum absolute atomic E-state index is 6.34. The van der Waals surface area contributed by atoms with Crippen LogP contribution in [0.5, 0.6) is 0 Å². The molecule has 0 bridgehead atoms. The fourth-order valence-corrected chi connectivity index (χ4v) is 2.96. The highest BCUT2D eigenvalue weighted by Gasteiger charge is 2.20. The lowest BCUT2D eigenvalue weighted by Crippen LogP contribution is -2.39. The average Bonchev–Trinajstić information content (AvgIpc) is 2.49. The summed E-state index contributed by atoms with van der Waals surface area (Å²) in [6, 6.07) is 8.88. The van der Waals surface area contributed by atoms with Gasteiger partial charge in [0, 0.05) is 26.3 Å². The summed E-state index contributed by atoms with van der Waals surface area (Å²) in [6.45, 7) is 6.34. The topological polar surface area (TPSA) is 38.5 Å². The third-order valence-corrected chi connectivity index (χ3v) is 4.38. The summed E-state index contributed by atoms with van der Waals surface area (Å²) in [5.41, 5.74) is 8.97. The third kappa shape index (κ3) is 4.30. The van der Waals surface area contributed by atoms with Gasteiger partial charge in [-0.3, -0.25) is 0 Å². The second-order valence-electron chi connectivity index (χ2n) is 5.90. The van der Waals surface area contributed by atoms with Crippen molar-refractivity contribution in [1.82, 2.24) is 4.90 Å². The van der Waals surface area contributed by atoms with Crippen LogP contribution in [-0.4, -0.2) is 38.3 Å². The minimum absolute atomic E-state index is 0.125. The normalized spacial score (nSPS) is 19.1. The first-order chi connectivity index (χ1) is 9.72. The van der Waals surface area contributed by atoms with Crippen molar-refractivity contribution in [2.24, 2.45) is 11.7 Å². The summed E-state index contributed by atoms with van der Waals surface area (Å²) in [5.74, 6) is 0.733. The van der Waals surface area contributed by atoms with E-state index in [2.05, 4.69) is 36.1 Å². The molecule has 0 aliphatic carbocycles. The molecule has 1 aliphatic rings. The van der Waals surface area contributed by atoms with Gasteiger partial charge in [0.25, 0.3) is 0 Å². The Morgan fingerprint density at radius 2 is 1.90 bits per heavy atom. The molecule has 2 N–H and O–H groups in total. The van der Waals surface area contributed by atoms with E-state index < -0.39 is 0 Å². The lowest BCUT2D eigenvalue weighted by atomic mass is 9.96. The molecular formula is C17H28N2O. The second-order valence-corrected chi connectivity index (χ2v) is 5.90. The zero-order chi connectivity index (χ0) is 14.4. The van der Waals surface area contributed by atoms with Gasteiger partial charge in [-0.05, 0) is 49.4 Å². The molecule has 1 unspecified atom stereocenters. The number of hydrogen-bond acceptors (Lipinski definition) is 3. The predicted molar refractivity (Wildman–Crippen MR) is 83.8 cm³/mol. The lowest BCUT2D eigenvalue weighted by molar-refractivity contribution is 0.0971. The Kier molecular flexibility index (Phi) is 6.02. The molecule has 1 fully saturated rings. The number of rotatable bonds is 6. The van der Waals surface area contributed by atoms with Crippen LogP contribution < -0.4 is 5.73 Å². The number of aryl methyl sites for hydroxylation is 1. The zero-order valence-corrected chi connectivity index (χ0v) is 12.8. The number of piperidine rings is 1. The van der Waals surface area contributed by atoms with Gasteiger partial charge >= 0.3 is 0 Å². The van der Waals surface area contributed by atoms with Crippen LogP contribution in [0.2, 0.25) is 0 Å². The van der Waals surface area contributed by atoms with E-state index in [4.69, 9.17) is 10.5 Å². The molecule has 1 aliphatic heterocycles. The highest BCUT2D eigenvalue weighted by molar-refractivity contribution is 5.25. The van der Waals surface area contributed by atoms with Gasteiger partial charge in [0.05, 0.1) is 0 Å². The van der Waals surface area contributed by atoms with Crippen LogP contribution in [0.25, 0.3) is 0 Å². The average molecular weight is 276 g/mol. The van der Waals surface area contributed by atoms with Crippen molar-refractivity contribution < 1.29 is 4.74 Å². The van der Waals surface area contributed by atoms with E-state index in [1.807, 2.05) is 0 Å². The Hall–Kier alpha value is -0.900. The van der Waals surface area contributed by atoms with Crippen LogP contribution in [0.4, 0.5) is 0 Å². The van der Waals surface area contributed by atoms with Gasteiger partial charge in [0.15, 0.2) is 0 Å². The third-order valence-electron chi connectivity index (χ3n) is 4.38. The Balaban J connectivity index is 1.81. The van der Waals surface area contributed by atoms with Crippen LogP contribution in [-0.2, 0) is 11.2 Å². The van der Waals surface area contributed by atoms with Gasteiger partial charge in [-0.1, -0.05) is 31.2 Å². The number of nitrogens with two attached hydrogens (primary N) is 1. The van der Waals surface area contributed by atoms with Crippen molar-refractivity contribution in [1.29, 1.82) is 0 Å². The number of methoxy groups -OCH3 is 1. The number of nitrogens with zero attached hydrogens (tertiary/aromatic N) is 1. The summed E-state index contributed by atoms with van der Waals surface area (Å²) in [7, 11) is 1.79. The predicted octanol–water partition coefficient (Wildman–Crippen LogP) is 2.61. The van der Waals surface area contributed by atoms with Crippen LogP contribution in [0, 0.1) is 5.92 Å². The molecule has 1 aromatic rings. The van der Waals surface area contributed by atoms with E-state index in [1.165, 1.54) is 24.0 Å². The molecule has 0 aromatic heterocycles. The van der Waals surface area contributed by atoms with Crippen LogP contribution in [0.1, 0.15) is 36.9 Å². The number of benzene rings is 1. The van der Waals surface area contributed by atoms with Crippen LogP contribution >= 0.6 is 0 Å². The van der Waals surface area contributed by atoms with Crippen molar-refractivity contribution in [3.63, 3.8) is 0 Å². The fourth-order valence-electron chi connectivity index (χ4n) is 2.96. The van der Waals surface area contributed by atoms with Crippen LogP contribution in [0.3, 0.4) is 0 Å². The largest absolute Gasteiger partial charge is 0.384 e. The summed E-state index contributed by atoms with van der Waals surface area (Å²) < 4.78 is 5.25. The molecule has 1 saturated heterocycles. The van der Waals surface area contributed by atoms with Gasteiger partial charge in [-0.15, -0.1) is 0 Å². The molecule has 0 saturated carbocycles. The van der Waals surface area contributed by atoms with Crippen molar-refractivity contribution in [3.05, 3.63) is 35.4 Å². The first kappa shape index (κ1) is 15.5. The summed E-state index contributed by atoms with van der Waals surface area (Å²) >= 11 is 0. The fraction of sp³-hybridized carbons (Fsp3) is 0.647. The molecule has 112 valence electrons. The molecule has 1 heterocycles. The molecule has 2 rings (SSSR count). The van der Waals surface area contributed by atoms with E-state index in [9.17, 15) is 0 Å². The Bertz CT molecular complexity index is 382. The van der Waals surface area contributed by atoms with Gasteiger partial charge < -0.3 is 15.4 Å². The quantitative estimate of drug-likeness (QED) is 0.868. The van der Waals surface area contributed by atoms with Crippen LogP contribution in [0.15, 0.2) is 24.3 Å². The monoisotopic (exact) mass is 276 g/mol. The van der Waals surface area contributed by atoms with E-state index >= 15 is 0 Å². The van der Waals surface area contributed by atoms with Gasteiger partial charge in [-0.2, -0.15) is 0 Å². The highest BCUT2D eigenvalue weighted by Crippen LogP contribution is 2.20. The van der Waals surface area contributed by atoms with Gasteiger partial charge in [0.1, 0.15) is 0 Å². The maximum Gasteiger partial charge on any atom is 0.0491 e. The van der Waals surface area contributed by atoms with Crippen molar-refractivity contribution in [3.8, 4) is 0 Å². The smallest absolute Gasteiger partial charge is 0.0491 e. The number of hydrogen-bond donors (Lipinski definition) is 1. The van der Waals surface area contributed by atoms with Crippen molar-refractivity contribution >= 4 is 0 Å². The molecular weight excluding hydrogens is 248 g/mol. The van der Waals surface area contributed by atoms with Crippen molar-refractivity contribution in [2.75, 3.05) is 33.4 Å². The second kappa shape index (κ2) is 7.77. The van der Waals surface area contributed by atoms with E-state index in [0.29, 0.717) is 0 Å². The zero-order valence-electron chi connectivity index (χ0n) is 12.8. The minimum atomic E-state index is 0.125. The molecule has 3 nitrogen and oxygen atoms in total. The highest BCUT2D eigenvalue weighted by atomic mass is 16.5. The molecule has 0 amide bonds. The summed E-state index contributed by atoms with van der Waals surface area (Å²) in [4.78, 5) is 2.49. The Morgan fingerprint density at radius 1 is 1.25 bits per heavy atom. The lowest BCUT2D eigenvalue weighted by Gasteiger charge is -2.33. The summed E-state index contributed by atoms with van der Waals surface area (Å²) in [6.07, 6.45) is 3.55. The maximum atomic E-state index is 6.34. The summed E-state index contributed by atoms with van der Waals surface area (Å²) in [5, 5.41) is 0. The first-order valence-electron chi connectivity index (χ1n) is 7.78. The molecule has 0 radical (unpaired) electrons. The molecule has 0 spiro atoms. The van der Waals surface area contributed by atoms with E-state index in [1.54, 1.807) is 7.11 Å². The molecule has 1 atom stereocenters. The first-order valence-corrected chi connectivity index (χ1v) is 7.78. The Labute approximate surface area is 123 Å². The number of likely N-dealkylation sites (tertiary alicyclic amines) is 1. The standard InChI is InChI=1S/C17H28N2O/c1-3-14-4-6-16(7-5-14)17(18)12-19-10-8-15(9-11-19)13-20-2/h4-7,15,17H,3,8-13,18H2,1-2H3. The Morgan fingerprint density at radius 3 is 2.45 bits per heavy atom. The molecule has 3 heteroatoms. The molecule has 20 heavy (non-hydrogen) atoms.